The first-order chi connectivity index (χ1) is 4.98. The molecule has 62 valence electrons. The topological polar surface area (TPSA) is 17.1 Å². The van der Waals surface area contributed by atoms with Gasteiger partial charge in [-0.25, -0.2) is 0 Å². The standard InChI is InChI=1S/C9H13ClO/c1-6(2)7-4-5-9(7,3)8(10)11/h7H,1,4-5H2,2-3H3. The van der Waals surface area contributed by atoms with Crippen LogP contribution < -0.4 is 0 Å². The molecule has 0 aromatic carbocycles. The molecule has 1 aliphatic carbocycles. The van der Waals surface area contributed by atoms with E-state index in [-0.39, 0.29) is 10.7 Å². The number of halogens is 1. The summed E-state index contributed by atoms with van der Waals surface area (Å²) in [5.74, 6) is 0.312. The van der Waals surface area contributed by atoms with Crippen molar-refractivity contribution in [1.29, 1.82) is 0 Å². The van der Waals surface area contributed by atoms with E-state index in [4.69, 9.17) is 11.6 Å². The molecule has 1 rings (SSSR count). The molecule has 0 bridgehead atoms. The van der Waals surface area contributed by atoms with Crippen LogP contribution in [-0.2, 0) is 4.79 Å². The van der Waals surface area contributed by atoms with Crippen LogP contribution in [0.3, 0.4) is 0 Å². The van der Waals surface area contributed by atoms with E-state index < -0.39 is 0 Å². The summed E-state index contributed by atoms with van der Waals surface area (Å²) in [5.41, 5.74) is 0.765. The average Bonchev–Trinajstić information content (AvgIpc) is 1.82. The summed E-state index contributed by atoms with van der Waals surface area (Å²) in [4.78, 5) is 11.0. The number of carbonyl (C=O) groups is 1. The molecule has 0 radical (unpaired) electrons. The van der Waals surface area contributed by atoms with E-state index in [0.29, 0.717) is 5.92 Å². The van der Waals surface area contributed by atoms with Crippen LogP contribution in [-0.4, -0.2) is 5.24 Å². The lowest BCUT2D eigenvalue weighted by atomic mass is 9.60. The maximum Gasteiger partial charge on any atom is 0.228 e. The third-order valence-corrected chi connectivity index (χ3v) is 3.20. The van der Waals surface area contributed by atoms with Crippen LogP contribution in [0.2, 0.25) is 0 Å². The van der Waals surface area contributed by atoms with Crippen molar-refractivity contribution in [3.05, 3.63) is 12.2 Å². The fourth-order valence-corrected chi connectivity index (χ4v) is 1.97. The van der Waals surface area contributed by atoms with Gasteiger partial charge in [0.1, 0.15) is 0 Å². The van der Waals surface area contributed by atoms with Gasteiger partial charge in [0.05, 0.1) is 0 Å². The Morgan fingerprint density at radius 3 is 2.36 bits per heavy atom. The zero-order valence-corrected chi connectivity index (χ0v) is 7.74. The smallest absolute Gasteiger partial charge is 0.228 e. The van der Waals surface area contributed by atoms with E-state index in [9.17, 15) is 4.79 Å². The van der Waals surface area contributed by atoms with Gasteiger partial charge in [-0.15, -0.1) is 0 Å². The van der Waals surface area contributed by atoms with Crippen LogP contribution in [0, 0.1) is 11.3 Å². The second-order valence-electron chi connectivity index (χ2n) is 3.63. The zero-order chi connectivity index (χ0) is 8.65. The molecule has 2 unspecified atom stereocenters. The Labute approximate surface area is 72.4 Å². The zero-order valence-electron chi connectivity index (χ0n) is 6.98. The summed E-state index contributed by atoms with van der Waals surface area (Å²) in [6.45, 7) is 7.73. The maximum atomic E-state index is 11.0. The minimum Gasteiger partial charge on any atom is -0.281 e. The molecule has 0 aliphatic heterocycles. The van der Waals surface area contributed by atoms with Crippen LogP contribution in [0.5, 0.6) is 0 Å². The number of rotatable bonds is 2. The van der Waals surface area contributed by atoms with Gasteiger partial charge in [0.25, 0.3) is 0 Å². The molecule has 1 nitrogen and oxygen atoms in total. The second kappa shape index (κ2) is 2.63. The highest BCUT2D eigenvalue weighted by Gasteiger charge is 2.47. The molecule has 0 spiro atoms. The van der Waals surface area contributed by atoms with Crippen molar-refractivity contribution in [1.82, 2.24) is 0 Å². The minimum atomic E-state index is -0.312. The second-order valence-corrected chi connectivity index (χ2v) is 3.97. The van der Waals surface area contributed by atoms with Crippen LogP contribution >= 0.6 is 11.6 Å². The largest absolute Gasteiger partial charge is 0.281 e. The predicted molar refractivity (Wildman–Crippen MR) is 46.5 cm³/mol. The van der Waals surface area contributed by atoms with Gasteiger partial charge in [0.2, 0.25) is 5.24 Å². The molecular formula is C9H13ClO. The molecule has 2 heteroatoms. The number of hydrogen-bond acceptors (Lipinski definition) is 1. The molecule has 11 heavy (non-hydrogen) atoms. The van der Waals surface area contributed by atoms with E-state index in [1.54, 1.807) is 0 Å². The maximum absolute atomic E-state index is 11.0. The summed E-state index contributed by atoms with van der Waals surface area (Å²) in [6, 6.07) is 0. The lowest BCUT2D eigenvalue weighted by molar-refractivity contribution is -0.127. The van der Waals surface area contributed by atoms with Crippen molar-refractivity contribution >= 4 is 16.8 Å². The molecule has 0 heterocycles. The summed E-state index contributed by atoms with van der Waals surface area (Å²) < 4.78 is 0. The monoisotopic (exact) mass is 172 g/mol. The lowest BCUT2D eigenvalue weighted by Crippen LogP contribution is -2.42. The fraction of sp³-hybridized carbons (Fsp3) is 0.667. The Morgan fingerprint density at radius 2 is 2.27 bits per heavy atom. The van der Waals surface area contributed by atoms with Crippen molar-refractivity contribution in [2.24, 2.45) is 11.3 Å². The van der Waals surface area contributed by atoms with E-state index in [1.807, 2.05) is 13.8 Å². The van der Waals surface area contributed by atoms with Gasteiger partial charge in [-0.3, -0.25) is 4.79 Å². The molecule has 1 aliphatic rings. The first-order valence-corrected chi connectivity index (χ1v) is 4.21. The third kappa shape index (κ3) is 1.22. The Morgan fingerprint density at radius 1 is 1.73 bits per heavy atom. The first kappa shape index (κ1) is 8.79. The van der Waals surface area contributed by atoms with Crippen molar-refractivity contribution < 1.29 is 4.79 Å². The molecule has 1 saturated carbocycles. The molecule has 0 aromatic rings. The Bertz CT molecular complexity index is 210. The Hall–Kier alpha value is -0.300. The molecule has 0 aromatic heterocycles. The summed E-state index contributed by atoms with van der Waals surface area (Å²) in [7, 11) is 0. The van der Waals surface area contributed by atoms with E-state index in [2.05, 4.69) is 6.58 Å². The molecule has 0 saturated heterocycles. The van der Waals surface area contributed by atoms with Crippen molar-refractivity contribution in [2.45, 2.75) is 26.7 Å². The van der Waals surface area contributed by atoms with Crippen molar-refractivity contribution in [3.8, 4) is 0 Å². The van der Waals surface area contributed by atoms with E-state index in [1.165, 1.54) is 0 Å². The highest BCUT2D eigenvalue weighted by molar-refractivity contribution is 6.64. The van der Waals surface area contributed by atoms with Crippen molar-refractivity contribution in [3.63, 3.8) is 0 Å². The lowest BCUT2D eigenvalue weighted by Gasteiger charge is -2.44. The predicted octanol–water partition coefficient (Wildman–Crippen LogP) is 2.74. The average molecular weight is 173 g/mol. The number of allylic oxidation sites excluding steroid dienone is 1. The third-order valence-electron chi connectivity index (χ3n) is 2.77. The van der Waals surface area contributed by atoms with Gasteiger partial charge >= 0.3 is 0 Å². The van der Waals surface area contributed by atoms with Crippen molar-refractivity contribution in [2.75, 3.05) is 0 Å². The summed E-state index contributed by atoms with van der Waals surface area (Å²) in [5, 5.41) is -0.211. The van der Waals surface area contributed by atoms with Crippen LogP contribution in [0.4, 0.5) is 0 Å². The molecular weight excluding hydrogens is 160 g/mol. The fourth-order valence-electron chi connectivity index (χ4n) is 1.75. The molecule has 0 amide bonds. The Kier molecular flexibility index (Phi) is 2.10. The van der Waals surface area contributed by atoms with Gasteiger partial charge in [-0.2, -0.15) is 0 Å². The first-order valence-electron chi connectivity index (χ1n) is 3.84. The van der Waals surface area contributed by atoms with Crippen LogP contribution in [0.25, 0.3) is 0 Å². The van der Waals surface area contributed by atoms with Crippen LogP contribution in [0.15, 0.2) is 12.2 Å². The highest BCUT2D eigenvalue weighted by Crippen LogP contribution is 2.50. The highest BCUT2D eigenvalue weighted by atomic mass is 35.5. The molecule has 2 atom stereocenters. The SMILES string of the molecule is C=C(C)C1CCC1(C)C(=O)Cl. The van der Waals surface area contributed by atoms with Gasteiger partial charge < -0.3 is 0 Å². The van der Waals surface area contributed by atoms with Gasteiger partial charge in [0, 0.05) is 5.41 Å². The van der Waals surface area contributed by atoms with Crippen LogP contribution in [0.1, 0.15) is 26.7 Å². The van der Waals surface area contributed by atoms with E-state index >= 15 is 0 Å². The summed E-state index contributed by atoms with van der Waals surface area (Å²) >= 11 is 5.48. The van der Waals surface area contributed by atoms with E-state index in [0.717, 1.165) is 18.4 Å². The number of hydrogen-bond donors (Lipinski definition) is 0. The normalized spacial score (nSPS) is 36.1. The summed E-state index contributed by atoms with van der Waals surface area (Å²) in [6.07, 6.45) is 1.97. The van der Waals surface area contributed by atoms with Gasteiger partial charge in [0.15, 0.2) is 0 Å². The quantitative estimate of drug-likeness (QED) is 0.463. The van der Waals surface area contributed by atoms with Gasteiger partial charge in [-0.1, -0.05) is 19.1 Å². The minimum absolute atomic E-state index is 0.211. The molecule has 1 fully saturated rings. The van der Waals surface area contributed by atoms with Gasteiger partial charge in [-0.05, 0) is 37.3 Å². The number of carbonyl (C=O) groups excluding carboxylic acids is 1. The Balaban J connectivity index is 2.75. The molecule has 0 N–H and O–H groups in total.